The minimum absolute atomic E-state index is 0.313. The molecule has 1 aromatic rings. The Balaban J connectivity index is 1.85. The maximum atomic E-state index is 13.5. The lowest BCUT2D eigenvalue weighted by atomic mass is 9.86. The van der Waals surface area contributed by atoms with Crippen molar-refractivity contribution in [1.82, 2.24) is 4.98 Å². The third-order valence-corrected chi connectivity index (χ3v) is 3.69. The highest BCUT2D eigenvalue weighted by molar-refractivity contribution is 9.10. The van der Waals surface area contributed by atoms with Gasteiger partial charge in [-0.3, -0.25) is 0 Å². The second-order valence-corrected chi connectivity index (χ2v) is 5.56. The predicted molar refractivity (Wildman–Crippen MR) is 70.3 cm³/mol. The second-order valence-electron chi connectivity index (χ2n) is 4.65. The summed E-state index contributed by atoms with van der Waals surface area (Å²) in [5.74, 6) is 0.606. The number of hydrogen-bond donors (Lipinski definition) is 2. The molecule has 0 saturated heterocycles. The number of nitrogens with two attached hydrogens (primary N) is 1. The van der Waals surface area contributed by atoms with Gasteiger partial charge in [0.15, 0.2) is 11.6 Å². The fraction of sp³-hybridized carbons (Fsp3) is 0.583. The van der Waals surface area contributed by atoms with E-state index >= 15 is 0 Å². The summed E-state index contributed by atoms with van der Waals surface area (Å²) in [5.41, 5.74) is 5.85. The van der Waals surface area contributed by atoms with Gasteiger partial charge in [-0.05, 0) is 53.6 Å². The van der Waals surface area contributed by atoms with Gasteiger partial charge in [0.05, 0.1) is 0 Å². The van der Waals surface area contributed by atoms with Crippen molar-refractivity contribution in [3.63, 3.8) is 0 Å². The highest BCUT2D eigenvalue weighted by Gasteiger charge is 2.18. The van der Waals surface area contributed by atoms with Gasteiger partial charge in [0.2, 0.25) is 0 Å². The van der Waals surface area contributed by atoms with Gasteiger partial charge in [-0.1, -0.05) is 0 Å². The molecule has 3 nitrogen and oxygen atoms in total. The summed E-state index contributed by atoms with van der Waals surface area (Å²) in [6.07, 6.45) is 5.98. The summed E-state index contributed by atoms with van der Waals surface area (Å²) >= 11 is 3.19. The molecule has 0 aromatic carbocycles. The van der Waals surface area contributed by atoms with E-state index < -0.39 is 0 Å². The highest BCUT2D eigenvalue weighted by atomic mass is 79.9. The van der Waals surface area contributed by atoms with Crippen molar-refractivity contribution in [3.8, 4) is 0 Å². The summed E-state index contributed by atoms with van der Waals surface area (Å²) < 4.78 is 14.1. The van der Waals surface area contributed by atoms with E-state index in [9.17, 15) is 4.39 Å². The van der Waals surface area contributed by atoms with Crippen LogP contribution >= 0.6 is 15.9 Å². The van der Waals surface area contributed by atoms with Gasteiger partial charge < -0.3 is 11.1 Å². The van der Waals surface area contributed by atoms with Crippen LogP contribution in [-0.2, 0) is 0 Å². The first-order valence-corrected chi connectivity index (χ1v) is 6.75. The standard InChI is InChI=1S/C12H17BrFN3/c13-9-5-11(14)12(17-7-9)16-6-8-1-3-10(15)4-2-8/h5,7-8,10H,1-4,6,15H2,(H,16,17). The molecule has 0 atom stereocenters. The first kappa shape index (κ1) is 12.8. The van der Waals surface area contributed by atoms with Gasteiger partial charge in [0.25, 0.3) is 0 Å². The van der Waals surface area contributed by atoms with Crippen LogP contribution in [0.15, 0.2) is 16.7 Å². The van der Waals surface area contributed by atoms with E-state index in [1.807, 2.05) is 0 Å². The molecule has 0 unspecified atom stereocenters. The van der Waals surface area contributed by atoms with Gasteiger partial charge in [-0.15, -0.1) is 0 Å². The lowest BCUT2D eigenvalue weighted by Crippen LogP contribution is -2.29. The molecular formula is C12H17BrFN3. The molecule has 2 rings (SSSR count). The first-order chi connectivity index (χ1) is 8.15. The molecule has 17 heavy (non-hydrogen) atoms. The number of halogens is 2. The molecule has 0 spiro atoms. The molecule has 0 bridgehead atoms. The van der Waals surface area contributed by atoms with E-state index in [-0.39, 0.29) is 5.82 Å². The Bertz CT molecular complexity index is 378. The Morgan fingerprint density at radius 1 is 1.41 bits per heavy atom. The summed E-state index contributed by atoms with van der Waals surface area (Å²) in [7, 11) is 0. The molecule has 0 amide bonds. The molecule has 1 heterocycles. The van der Waals surface area contributed by atoms with E-state index in [2.05, 4.69) is 26.2 Å². The fourth-order valence-corrected chi connectivity index (χ4v) is 2.48. The van der Waals surface area contributed by atoms with Crippen LogP contribution in [0.5, 0.6) is 0 Å². The minimum atomic E-state index is -0.313. The zero-order valence-corrected chi connectivity index (χ0v) is 11.2. The molecule has 1 aliphatic rings. The van der Waals surface area contributed by atoms with E-state index in [0.29, 0.717) is 22.3 Å². The average Bonchev–Trinajstić information content (AvgIpc) is 2.30. The van der Waals surface area contributed by atoms with Crippen LogP contribution in [-0.4, -0.2) is 17.6 Å². The van der Waals surface area contributed by atoms with Crippen LogP contribution in [0.1, 0.15) is 25.7 Å². The number of nitrogens with one attached hydrogen (secondary N) is 1. The monoisotopic (exact) mass is 301 g/mol. The summed E-state index contributed by atoms with van der Waals surface area (Å²) in [6, 6.07) is 1.78. The van der Waals surface area contributed by atoms with Gasteiger partial charge in [0.1, 0.15) is 0 Å². The topological polar surface area (TPSA) is 50.9 Å². The Kier molecular flexibility index (Phi) is 4.34. The first-order valence-electron chi connectivity index (χ1n) is 5.95. The van der Waals surface area contributed by atoms with Crippen LogP contribution in [0.3, 0.4) is 0 Å². The molecule has 1 saturated carbocycles. The van der Waals surface area contributed by atoms with Crippen molar-refractivity contribution in [3.05, 3.63) is 22.6 Å². The smallest absolute Gasteiger partial charge is 0.166 e. The second kappa shape index (κ2) is 5.78. The van der Waals surface area contributed by atoms with Crippen molar-refractivity contribution < 1.29 is 4.39 Å². The molecular weight excluding hydrogens is 285 g/mol. The number of aromatic nitrogens is 1. The highest BCUT2D eigenvalue weighted by Crippen LogP contribution is 2.24. The average molecular weight is 302 g/mol. The van der Waals surface area contributed by atoms with Crippen molar-refractivity contribution in [2.75, 3.05) is 11.9 Å². The van der Waals surface area contributed by atoms with Crippen LogP contribution in [0.4, 0.5) is 10.2 Å². The Hall–Kier alpha value is -0.680. The molecule has 1 aromatic heterocycles. The molecule has 1 aliphatic carbocycles. The number of anilines is 1. The van der Waals surface area contributed by atoms with Gasteiger partial charge in [-0.25, -0.2) is 9.37 Å². The van der Waals surface area contributed by atoms with Gasteiger partial charge >= 0.3 is 0 Å². The minimum Gasteiger partial charge on any atom is -0.367 e. The zero-order valence-electron chi connectivity index (χ0n) is 9.63. The fourth-order valence-electron chi connectivity index (χ4n) is 2.18. The summed E-state index contributed by atoms with van der Waals surface area (Å²) in [4.78, 5) is 4.02. The lowest BCUT2D eigenvalue weighted by Gasteiger charge is -2.26. The van der Waals surface area contributed by atoms with Gasteiger partial charge in [0, 0.05) is 23.3 Å². The molecule has 5 heteroatoms. The SMILES string of the molecule is NC1CCC(CNc2ncc(Br)cc2F)CC1. The molecule has 0 aliphatic heterocycles. The molecule has 1 fully saturated rings. The summed E-state index contributed by atoms with van der Waals surface area (Å²) in [6.45, 7) is 0.776. The van der Waals surface area contributed by atoms with E-state index in [4.69, 9.17) is 5.73 Å². The van der Waals surface area contributed by atoms with E-state index in [0.717, 1.165) is 32.2 Å². The maximum Gasteiger partial charge on any atom is 0.166 e. The number of nitrogens with zero attached hydrogens (tertiary/aromatic N) is 1. The maximum absolute atomic E-state index is 13.5. The van der Waals surface area contributed by atoms with E-state index in [1.165, 1.54) is 6.07 Å². The summed E-state index contributed by atoms with van der Waals surface area (Å²) in [5, 5.41) is 3.08. The third kappa shape index (κ3) is 3.64. The zero-order chi connectivity index (χ0) is 12.3. The predicted octanol–water partition coefficient (Wildman–Crippen LogP) is 2.91. The largest absolute Gasteiger partial charge is 0.367 e. The van der Waals surface area contributed by atoms with Crippen molar-refractivity contribution in [2.45, 2.75) is 31.7 Å². The van der Waals surface area contributed by atoms with Crippen molar-refractivity contribution in [2.24, 2.45) is 11.7 Å². The molecule has 0 radical (unpaired) electrons. The molecule has 94 valence electrons. The number of pyridine rings is 1. The number of rotatable bonds is 3. The lowest BCUT2D eigenvalue weighted by molar-refractivity contribution is 0.338. The Labute approximate surface area is 109 Å². The van der Waals surface area contributed by atoms with Crippen LogP contribution in [0.2, 0.25) is 0 Å². The van der Waals surface area contributed by atoms with Gasteiger partial charge in [-0.2, -0.15) is 0 Å². The van der Waals surface area contributed by atoms with E-state index in [1.54, 1.807) is 6.20 Å². The van der Waals surface area contributed by atoms with Crippen LogP contribution < -0.4 is 11.1 Å². The Morgan fingerprint density at radius 2 is 2.12 bits per heavy atom. The quantitative estimate of drug-likeness (QED) is 0.902. The normalized spacial score (nSPS) is 24.6. The van der Waals surface area contributed by atoms with Crippen molar-refractivity contribution in [1.29, 1.82) is 0 Å². The van der Waals surface area contributed by atoms with Crippen LogP contribution in [0.25, 0.3) is 0 Å². The van der Waals surface area contributed by atoms with Crippen LogP contribution in [0, 0.1) is 11.7 Å². The third-order valence-electron chi connectivity index (χ3n) is 3.26. The van der Waals surface area contributed by atoms with Crippen molar-refractivity contribution >= 4 is 21.7 Å². The number of hydrogen-bond acceptors (Lipinski definition) is 3. The molecule has 3 N–H and O–H groups in total. The Morgan fingerprint density at radius 3 is 2.76 bits per heavy atom.